The molecule has 0 saturated carbocycles. The zero-order chi connectivity index (χ0) is 14.8. The summed E-state index contributed by atoms with van der Waals surface area (Å²) in [5.74, 6) is 0.896. The summed E-state index contributed by atoms with van der Waals surface area (Å²) >= 11 is 0. The van der Waals surface area contributed by atoms with Gasteiger partial charge in [-0.3, -0.25) is 0 Å². The van der Waals surface area contributed by atoms with E-state index in [1.54, 1.807) is 0 Å². The number of hydrogen-bond acceptors (Lipinski definition) is 3. The smallest absolute Gasteiger partial charge is 0.154 e. The van der Waals surface area contributed by atoms with Crippen molar-refractivity contribution in [2.75, 3.05) is 12.3 Å². The number of sulfone groups is 1. The van der Waals surface area contributed by atoms with Gasteiger partial charge < -0.3 is 5.32 Å². The highest BCUT2D eigenvalue weighted by molar-refractivity contribution is 7.92. The predicted octanol–water partition coefficient (Wildman–Crippen LogP) is 3.04. The minimum atomic E-state index is -2.85. The summed E-state index contributed by atoms with van der Waals surface area (Å²) in [6.45, 7) is 7.02. The summed E-state index contributed by atoms with van der Waals surface area (Å²) in [7, 11) is -2.85. The zero-order valence-corrected chi connectivity index (χ0v) is 13.4. The van der Waals surface area contributed by atoms with Gasteiger partial charge in [0.15, 0.2) is 9.84 Å². The summed E-state index contributed by atoms with van der Waals surface area (Å²) in [6, 6.07) is 8.77. The molecule has 1 fully saturated rings. The Morgan fingerprint density at radius 2 is 1.75 bits per heavy atom. The van der Waals surface area contributed by atoms with E-state index in [0.29, 0.717) is 18.2 Å². The van der Waals surface area contributed by atoms with Crippen LogP contribution in [0.5, 0.6) is 0 Å². The summed E-state index contributed by atoms with van der Waals surface area (Å²) < 4.78 is 23.6. The molecule has 1 aromatic carbocycles. The van der Waals surface area contributed by atoms with Crippen molar-refractivity contribution in [1.29, 1.82) is 0 Å². The van der Waals surface area contributed by atoms with Gasteiger partial charge in [0, 0.05) is 12.6 Å². The van der Waals surface area contributed by atoms with E-state index in [1.807, 2.05) is 0 Å². The highest BCUT2D eigenvalue weighted by Crippen LogP contribution is 2.21. The van der Waals surface area contributed by atoms with Crippen LogP contribution in [0.15, 0.2) is 24.3 Å². The van der Waals surface area contributed by atoms with Crippen molar-refractivity contribution >= 4 is 9.84 Å². The Balaban J connectivity index is 1.93. The quantitative estimate of drug-likeness (QED) is 0.908. The lowest BCUT2D eigenvalue weighted by molar-refractivity contribution is 0.538. The Morgan fingerprint density at radius 1 is 1.15 bits per heavy atom. The van der Waals surface area contributed by atoms with Crippen molar-refractivity contribution in [3.63, 3.8) is 0 Å². The molecule has 2 atom stereocenters. The van der Waals surface area contributed by atoms with Crippen LogP contribution in [0.1, 0.15) is 56.7 Å². The van der Waals surface area contributed by atoms with Crippen LogP contribution in [0, 0.1) is 0 Å². The molecule has 112 valence electrons. The summed E-state index contributed by atoms with van der Waals surface area (Å²) in [6.07, 6.45) is 1.61. The average Bonchev–Trinajstić information content (AvgIpc) is 2.75. The van der Waals surface area contributed by atoms with E-state index < -0.39 is 9.84 Å². The van der Waals surface area contributed by atoms with Crippen molar-refractivity contribution in [3.8, 4) is 0 Å². The maximum absolute atomic E-state index is 11.8. The van der Waals surface area contributed by atoms with Gasteiger partial charge in [-0.15, -0.1) is 0 Å². The number of nitrogens with one attached hydrogen (secondary N) is 1. The average molecular weight is 295 g/mol. The minimum Gasteiger partial charge on any atom is -0.309 e. The van der Waals surface area contributed by atoms with Crippen LogP contribution < -0.4 is 5.32 Å². The van der Waals surface area contributed by atoms with E-state index in [-0.39, 0.29) is 11.3 Å². The predicted molar refractivity (Wildman–Crippen MR) is 83.8 cm³/mol. The first-order chi connectivity index (χ1) is 9.40. The van der Waals surface area contributed by atoms with Crippen molar-refractivity contribution in [2.45, 2.75) is 50.8 Å². The van der Waals surface area contributed by atoms with Gasteiger partial charge in [0.2, 0.25) is 0 Å². The van der Waals surface area contributed by atoms with E-state index in [9.17, 15) is 8.42 Å². The summed E-state index contributed by atoms with van der Waals surface area (Å²) in [4.78, 5) is 0. The molecule has 1 N–H and O–H groups in total. The SMILES string of the molecule is CC(C)c1ccc(C(C)NCC2CCCS2(=O)=O)cc1. The highest BCUT2D eigenvalue weighted by Gasteiger charge is 2.31. The molecule has 20 heavy (non-hydrogen) atoms. The Kier molecular flexibility index (Phi) is 4.86. The van der Waals surface area contributed by atoms with E-state index in [1.165, 1.54) is 11.1 Å². The topological polar surface area (TPSA) is 46.2 Å². The first-order valence-electron chi connectivity index (χ1n) is 7.45. The lowest BCUT2D eigenvalue weighted by Crippen LogP contribution is -2.32. The van der Waals surface area contributed by atoms with Crippen LogP contribution >= 0.6 is 0 Å². The zero-order valence-electron chi connectivity index (χ0n) is 12.6. The fourth-order valence-electron chi connectivity index (χ4n) is 2.68. The number of benzene rings is 1. The summed E-state index contributed by atoms with van der Waals surface area (Å²) in [5, 5.41) is 3.17. The van der Waals surface area contributed by atoms with Gasteiger partial charge in [-0.1, -0.05) is 38.1 Å². The third kappa shape index (κ3) is 3.61. The molecule has 0 amide bonds. The molecule has 0 radical (unpaired) electrons. The van der Waals surface area contributed by atoms with Crippen LogP contribution in [0.3, 0.4) is 0 Å². The van der Waals surface area contributed by atoms with Crippen LogP contribution in [-0.4, -0.2) is 26.0 Å². The molecule has 2 rings (SSSR count). The fraction of sp³-hybridized carbons (Fsp3) is 0.625. The van der Waals surface area contributed by atoms with Crippen LogP contribution in [0.25, 0.3) is 0 Å². The van der Waals surface area contributed by atoms with Crippen LogP contribution in [-0.2, 0) is 9.84 Å². The maximum atomic E-state index is 11.8. The monoisotopic (exact) mass is 295 g/mol. The Hall–Kier alpha value is -0.870. The molecular formula is C16H25NO2S. The first kappa shape index (κ1) is 15.5. The number of rotatable bonds is 5. The number of hydrogen-bond donors (Lipinski definition) is 1. The molecular weight excluding hydrogens is 270 g/mol. The molecule has 1 aliphatic heterocycles. The van der Waals surface area contributed by atoms with Gasteiger partial charge in [-0.2, -0.15) is 0 Å². The molecule has 0 bridgehead atoms. The molecule has 0 spiro atoms. The molecule has 1 aromatic rings. The van der Waals surface area contributed by atoms with Crippen LogP contribution in [0.2, 0.25) is 0 Å². The van der Waals surface area contributed by atoms with Gasteiger partial charge in [-0.05, 0) is 36.8 Å². The fourth-order valence-corrected chi connectivity index (χ4v) is 4.46. The molecule has 1 heterocycles. The highest BCUT2D eigenvalue weighted by atomic mass is 32.2. The standard InChI is InChI=1S/C16H25NO2S/c1-12(2)14-6-8-15(9-7-14)13(3)17-11-16-5-4-10-20(16,18)19/h6-9,12-13,16-17H,4-5,10-11H2,1-3H3. The Labute approximate surface area is 122 Å². The van der Waals surface area contributed by atoms with Gasteiger partial charge in [0.05, 0.1) is 11.0 Å². The van der Waals surface area contributed by atoms with E-state index in [4.69, 9.17) is 0 Å². The van der Waals surface area contributed by atoms with Gasteiger partial charge in [0.25, 0.3) is 0 Å². The minimum absolute atomic E-state index is 0.187. The molecule has 0 aromatic heterocycles. The van der Waals surface area contributed by atoms with E-state index >= 15 is 0 Å². The van der Waals surface area contributed by atoms with Crippen LogP contribution in [0.4, 0.5) is 0 Å². The van der Waals surface area contributed by atoms with Crippen molar-refractivity contribution in [3.05, 3.63) is 35.4 Å². The second kappa shape index (κ2) is 6.27. The molecule has 4 heteroatoms. The van der Waals surface area contributed by atoms with E-state index in [2.05, 4.69) is 50.4 Å². The molecule has 1 saturated heterocycles. The molecule has 0 aliphatic carbocycles. The van der Waals surface area contributed by atoms with E-state index in [0.717, 1.165) is 12.8 Å². The normalized spacial score (nSPS) is 23.1. The lowest BCUT2D eigenvalue weighted by Gasteiger charge is -2.18. The summed E-state index contributed by atoms with van der Waals surface area (Å²) in [5.41, 5.74) is 2.55. The molecule has 3 nitrogen and oxygen atoms in total. The first-order valence-corrected chi connectivity index (χ1v) is 9.16. The third-order valence-corrected chi connectivity index (χ3v) is 6.49. The third-order valence-electron chi connectivity index (χ3n) is 4.22. The van der Waals surface area contributed by atoms with Crippen molar-refractivity contribution < 1.29 is 8.42 Å². The second-order valence-corrected chi connectivity index (χ2v) is 8.48. The molecule has 1 aliphatic rings. The lowest BCUT2D eigenvalue weighted by atomic mass is 9.99. The Bertz CT molecular complexity index is 534. The van der Waals surface area contributed by atoms with Crippen molar-refractivity contribution in [1.82, 2.24) is 5.32 Å². The molecule has 2 unspecified atom stereocenters. The second-order valence-electron chi connectivity index (χ2n) is 6.08. The Morgan fingerprint density at radius 3 is 2.25 bits per heavy atom. The van der Waals surface area contributed by atoms with Gasteiger partial charge in [-0.25, -0.2) is 8.42 Å². The van der Waals surface area contributed by atoms with Crippen molar-refractivity contribution in [2.24, 2.45) is 0 Å². The maximum Gasteiger partial charge on any atom is 0.154 e. The van der Waals surface area contributed by atoms with Gasteiger partial charge in [0.1, 0.15) is 0 Å². The van der Waals surface area contributed by atoms with Gasteiger partial charge >= 0.3 is 0 Å². The largest absolute Gasteiger partial charge is 0.309 e.